The summed E-state index contributed by atoms with van der Waals surface area (Å²) < 4.78 is 51.2. The SMILES string of the molecule is OC1(c2ccc(Cl)c(C(F)(F)F)c2)CCN(CCOc2ccc(OC(=S)NC3=CC=CC=CC3)cc2)CC1. The first kappa shape index (κ1) is 28.2. The molecule has 2 aliphatic rings. The third-order valence-electron chi connectivity index (χ3n) is 6.46. The van der Waals surface area contributed by atoms with Crippen LogP contribution in [0.3, 0.4) is 0 Å². The van der Waals surface area contributed by atoms with E-state index >= 15 is 0 Å². The predicted octanol–water partition coefficient (Wildman–Crippen LogP) is 6.37. The standard InChI is InChI=1S/C28H28ClF3N2O3S/c29-25-12-7-20(19-24(25)28(30,31)32)27(35)13-15-34(16-14-27)17-18-36-22-8-10-23(11-9-22)37-26(38)33-21-5-3-1-2-4-6-21/h1-5,7-12,19,35H,6,13-18H2,(H,33,38). The Bertz CT molecular complexity index is 1220. The van der Waals surface area contributed by atoms with Crippen LogP contribution in [0.5, 0.6) is 11.5 Å². The summed E-state index contributed by atoms with van der Waals surface area (Å²) in [7, 11) is 0. The van der Waals surface area contributed by atoms with Crippen molar-refractivity contribution in [3.05, 3.63) is 94.7 Å². The highest BCUT2D eigenvalue weighted by atomic mass is 35.5. The quantitative estimate of drug-likeness (QED) is 0.381. The molecule has 0 atom stereocenters. The molecule has 0 bridgehead atoms. The van der Waals surface area contributed by atoms with Gasteiger partial charge in [0.25, 0.3) is 5.17 Å². The van der Waals surface area contributed by atoms with Gasteiger partial charge in [0.2, 0.25) is 0 Å². The van der Waals surface area contributed by atoms with Crippen LogP contribution >= 0.6 is 23.8 Å². The number of aliphatic hydroxyl groups is 1. The summed E-state index contributed by atoms with van der Waals surface area (Å²) in [6, 6.07) is 10.8. The van der Waals surface area contributed by atoms with Gasteiger partial charge < -0.3 is 19.9 Å². The summed E-state index contributed by atoms with van der Waals surface area (Å²) in [6.07, 6.45) is 6.60. The fourth-order valence-electron chi connectivity index (χ4n) is 4.30. The van der Waals surface area contributed by atoms with Crippen LogP contribution in [0, 0.1) is 0 Å². The van der Waals surface area contributed by atoms with E-state index in [4.69, 9.17) is 33.3 Å². The van der Waals surface area contributed by atoms with Gasteiger partial charge in [-0.25, -0.2) is 0 Å². The molecule has 1 aliphatic heterocycles. The van der Waals surface area contributed by atoms with Crippen LogP contribution in [0.25, 0.3) is 0 Å². The first-order valence-electron chi connectivity index (χ1n) is 12.2. The second kappa shape index (κ2) is 12.3. The fourth-order valence-corrected chi connectivity index (χ4v) is 4.75. The van der Waals surface area contributed by atoms with Gasteiger partial charge in [0.15, 0.2) is 0 Å². The Morgan fingerprint density at radius 3 is 2.47 bits per heavy atom. The van der Waals surface area contributed by atoms with Gasteiger partial charge in [-0.05, 0) is 73.1 Å². The number of ether oxygens (including phenoxy) is 2. The number of nitrogens with zero attached hydrogens (tertiary/aromatic N) is 1. The van der Waals surface area contributed by atoms with Crippen molar-refractivity contribution in [2.24, 2.45) is 0 Å². The molecule has 0 aromatic heterocycles. The zero-order valence-corrected chi connectivity index (χ0v) is 22.1. The van der Waals surface area contributed by atoms with Gasteiger partial charge >= 0.3 is 6.18 Å². The molecule has 202 valence electrons. The highest BCUT2D eigenvalue weighted by Gasteiger charge is 2.38. The third-order valence-corrected chi connectivity index (χ3v) is 6.97. The van der Waals surface area contributed by atoms with Crippen molar-refractivity contribution in [3.63, 3.8) is 0 Å². The maximum absolute atomic E-state index is 13.2. The number of allylic oxidation sites excluding steroid dienone is 5. The molecule has 1 fully saturated rings. The van der Waals surface area contributed by atoms with Crippen LogP contribution in [0.1, 0.15) is 30.4 Å². The summed E-state index contributed by atoms with van der Waals surface area (Å²) in [5.74, 6) is 1.26. The van der Waals surface area contributed by atoms with Crippen molar-refractivity contribution in [1.29, 1.82) is 0 Å². The molecule has 10 heteroatoms. The number of hydrogen-bond donors (Lipinski definition) is 2. The minimum absolute atomic E-state index is 0.238. The number of rotatable bonds is 7. The number of thiocarbonyl (C=S) groups is 1. The number of alkyl halides is 3. The molecule has 4 rings (SSSR count). The molecule has 0 unspecified atom stereocenters. The molecular weight excluding hydrogens is 537 g/mol. The largest absolute Gasteiger partial charge is 0.492 e. The van der Waals surface area contributed by atoms with Crippen LogP contribution in [-0.2, 0) is 11.8 Å². The van der Waals surface area contributed by atoms with E-state index in [1.165, 1.54) is 12.1 Å². The molecule has 2 N–H and O–H groups in total. The number of hydrogen-bond acceptors (Lipinski definition) is 5. The van der Waals surface area contributed by atoms with Crippen molar-refractivity contribution >= 4 is 29.0 Å². The van der Waals surface area contributed by atoms with Crippen molar-refractivity contribution in [1.82, 2.24) is 10.2 Å². The maximum atomic E-state index is 13.2. The number of nitrogens with one attached hydrogen (secondary N) is 1. The highest BCUT2D eigenvalue weighted by molar-refractivity contribution is 7.80. The Hall–Kier alpha value is -2.85. The van der Waals surface area contributed by atoms with Gasteiger partial charge in [-0.15, -0.1) is 0 Å². The van der Waals surface area contributed by atoms with Crippen molar-refractivity contribution in [2.75, 3.05) is 26.2 Å². The van der Waals surface area contributed by atoms with E-state index in [0.29, 0.717) is 50.6 Å². The Morgan fingerprint density at radius 1 is 1.05 bits per heavy atom. The smallest absolute Gasteiger partial charge is 0.417 e. The van der Waals surface area contributed by atoms with E-state index in [9.17, 15) is 18.3 Å². The van der Waals surface area contributed by atoms with E-state index in [0.717, 1.165) is 18.2 Å². The third kappa shape index (κ3) is 7.60. The van der Waals surface area contributed by atoms with Gasteiger partial charge in [0, 0.05) is 31.8 Å². The number of benzene rings is 2. The summed E-state index contributed by atoms with van der Waals surface area (Å²) >= 11 is 11.0. The lowest BCUT2D eigenvalue weighted by Crippen LogP contribution is -2.44. The molecular formula is C28H28ClF3N2O3S. The zero-order valence-electron chi connectivity index (χ0n) is 20.5. The van der Waals surface area contributed by atoms with E-state index in [1.807, 2.05) is 30.4 Å². The summed E-state index contributed by atoms with van der Waals surface area (Å²) in [4.78, 5) is 2.11. The molecule has 0 amide bonds. The van der Waals surface area contributed by atoms with E-state index in [1.54, 1.807) is 24.3 Å². The lowest BCUT2D eigenvalue weighted by atomic mass is 9.83. The predicted molar refractivity (Wildman–Crippen MR) is 145 cm³/mol. The van der Waals surface area contributed by atoms with Crippen molar-refractivity contribution in [2.45, 2.75) is 31.0 Å². The van der Waals surface area contributed by atoms with Gasteiger partial charge in [0.1, 0.15) is 18.1 Å². The van der Waals surface area contributed by atoms with Crippen LogP contribution in [0.2, 0.25) is 5.02 Å². The lowest BCUT2D eigenvalue weighted by molar-refractivity contribution is -0.137. The van der Waals surface area contributed by atoms with E-state index in [-0.39, 0.29) is 15.8 Å². The molecule has 38 heavy (non-hydrogen) atoms. The Kier molecular flexibility index (Phi) is 9.15. The Labute approximate surface area is 230 Å². The molecule has 1 saturated heterocycles. The fraction of sp³-hybridized carbons (Fsp3) is 0.321. The topological polar surface area (TPSA) is 54.0 Å². The molecule has 2 aromatic carbocycles. The van der Waals surface area contributed by atoms with Crippen LogP contribution in [0.4, 0.5) is 13.2 Å². The number of likely N-dealkylation sites (tertiary alicyclic amines) is 1. The normalized spacial score (nSPS) is 17.4. The summed E-state index contributed by atoms with van der Waals surface area (Å²) in [5, 5.41) is 14.0. The molecule has 0 spiro atoms. The summed E-state index contributed by atoms with van der Waals surface area (Å²) in [6.45, 7) is 2.11. The highest BCUT2D eigenvalue weighted by Crippen LogP contribution is 2.39. The van der Waals surface area contributed by atoms with Gasteiger partial charge in [-0.2, -0.15) is 13.2 Å². The van der Waals surface area contributed by atoms with Crippen LogP contribution < -0.4 is 14.8 Å². The second-order valence-electron chi connectivity index (χ2n) is 9.11. The lowest BCUT2D eigenvalue weighted by Gasteiger charge is -2.38. The minimum atomic E-state index is -4.57. The summed E-state index contributed by atoms with van der Waals surface area (Å²) in [5.41, 5.74) is -1.08. The van der Waals surface area contributed by atoms with Crippen molar-refractivity contribution < 1.29 is 27.8 Å². The molecule has 5 nitrogen and oxygen atoms in total. The average Bonchev–Trinajstić information content (AvgIpc) is 3.14. The monoisotopic (exact) mass is 564 g/mol. The van der Waals surface area contributed by atoms with Gasteiger partial charge in [0.05, 0.1) is 16.2 Å². The van der Waals surface area contributed by atoms with Gasteiger partial charge in [-0.1, -0.05) is 42.0 Å². The molecule has 2 aromatic rings. The number of piperidine rings is 1. The minimum Gasteiger partial charge on any atom is -0.492 e. The molecule has 1 heterocycles. The molecule has 0 saturated carbocycles. The number of halogens is 4. The second-order valence-corrected chi connectivity index (χ2v) is 9.89. The van der Waals surface area contributed by atoms with Crippen LogP contribution in [0.15, 0.2) is 78.5 Å². The zero-order chi connectivity index (χ0) is 27.2. The van der Waals surface area contributed by atoms with E-state index < -0.39 is 17.3 Å². The first-order valence-corrected chi connectivity index (χ1v) is 13.0. The van der Waals surface area contributed by atoms with E-state index in [2.05, 4.69) is 10.2 Å². The van der Waals surface area contributed by atoms with Gasteiger partial charge in [-0.3, -0.25) is 4.90 Å². The van der Waals surface area contributed by atoms with Crippen molar-refractivity contribution in [3.8, 4) is 11.5 Å². The van der Waals surface area contributed by atoms with Crippen LogP contribution in [-0.4, -0.2) is 41.4 Å². The molecule has 0 radical (unpaired) electrons. The average molecular weight is 565 g/mol. The Morgan fingerprint density at radius 2 is 1.76 bits per heavy atom. The maximum Gasteiger partial charge on any atom is 0.417 e. The molecule has 1 aliphatic carbocycles. The Balaban J connectivity index is 1.21. The first-order chi connectivity index (χ1) is 18.1.